The molecule has 0 saturated carbocycles. The quantitative estimate of drug-likeness (QED) is 0.880. The summed E-state index contributed by atoms with van der Waals surface area (Å²) in [6.07, 6.45) is 1.55. The van der Waals surface area contributed by atoms with Crippen molar-refractivity contribution in [3.63, 3.8) is 0 Å². The van der Waals surface area contributed by atoms with Gasteiger partial charge in [0.25, 0.3) is 0 Å². The van der Waals surface area contributed by atoms with E-state index in [1.807, 2.05) is 12.1 Å². The van der Waals surface area contributed by atoms with Gasteiger partial charge in [-0.05, 0) is 47.7 Å². The number of aromatic hydroxyl groups is 2. The normalized spacial score (nSPS) is 18.5. The predicted octanol–water partition coefficient (Wildman–Crippen LogP) is 2.78. The van der Waals surface area contributed by atoms with Crippen LogP contribution in [0.2, 0.25) is 0 Å². The maximum absolute atomic E-state index is 10.9. The zero-order chi connectivity index (χ0) is 18.4. The van der Waals surface area contributed by atoms with Crippen LogP contribution in [0, 0.1) is 0 Å². The van der Waals surface area contributed by atoms with E-state index in [4.69, 9.17) is 14.2 Å². The summed E-state index contributed by atoms with van der Waals surface area (Å²) in [5.41, 5.74) is 4.21. The molecule has 0 aromatic heterocycles. The van der Waals surface area contributed by atoms with Crippen LogP contribution in [0.25, 0.3) is 0 Å². The smallest absolute Gasteiger partial charge is 0.203 e. The Bertz CT molecular complexity index is 864. The molecule has 0 spiro atoms. The van der Waals surface area contributed by atoms with Crippen LogP contribution in [0.5, 0.6) is 28.7 Å². The van der Waals surface area contributed by atoms with Crippen molar-refractivity contribution in [2.24, 2.45) is 0 Å². The first-order chi connectivity index (χ1) is 12.6. The number of phenols is 2. The van der Waals surface area contributed by atoms with E-state index >= 15 is 0 Å². The molecule has 2 aliphatic rings. The molecular weight excluding hydrogens is 334 g/mol. The van der Waals surface area contributed by atoms with E-state index < -0.39 is 0 Å². The van der Waals surface area contributed by atoms with Crippen molar-refractivity contribution >= 4 is 0 Å². The Hall–Kier alpha value is -2.60. The van der Waals surface area contributed by atoms with Gasteiger partial charge >= 0.3 is 0 Å². The van der Waals surface area contributed by atoms with Crippen LogP contribution in [0.3, 0.4) is 0 Å². The van der Waals surface area contributed by atoms with Gasteiger partial charge in [-0.1, -0.05) is 0 Å². The summed E-state index contributed by atoms with van der Waals surface area (Å²) in [4.78, 5) is 2.35. The zero-order valence-corrected chi connectivity index (χ0v) is 15.2. The van der Waals surface area contributed by atoms with Crippen LogP contribution in [0.4, 0.5) is 0 Å². The van der Waals surface area contributed by atoms with Gasteiger partial charge in [0.1, 0.15) is 0 Å². The molecular formula is C20H23NO5. The first-order valence-electron chi connectivity index (χ1n) is 8.66. The lowest BCUT2D eigenvalue weighted by molar-refractivity contribution is 0.156. The molecule has 2 aliphatic heterocycles. The molecule has 2 heterocycles. The van der Waals surface area contributed by atoms with Gasteiger partial charge in [-0.2, -0.15) is 0 Å². The average Bonchev–Trinajstić information content (AvgIpc) is 2.65. The highest BCUT2D eigenvalue weighted by Gasteiger charge is 2.36. The maximum Gasteiger partial charge on any atom is 0.203 e. The molecule has 2 aromatic rings. The second-order valence-electron chi connectivity index (χ2n) is 6.77. The van der Waals surface area contributed by atoms with Crippen molar-refractivity contribution < 1.29 is 24.4 Å². The highest BCUT2D eigenvalue weighted by Crippen LogP contribution is 2.49. The Morgan fingerprint density at radius 1 is 0.923 bits per heavy atom. The van der Waals surface area contributed by atoms with Crippen molar-refractivity contribution in [2.45, 2.75) is 25.4 Å². The first-order valence-corrected chi connectivity index (χ1v) is 8.66. The van der Waals surface area contributed by atoms with E-state index in [2.05, 4.69) is 4.90 Å². The summed E-state index contributed by atoms with van der Waals surface area (Å²) >= 11 is 0. The molecule has 6 heteroatoms. The number of nitrogens with zero attached hydrogens (tertiary/aromatic N) is 1. The summed E-state index contributed by atoms with van der Waals surface area (Å²) in [7, 11) is 4.67. The third-order valence-corrected chi connectivity index (χ3v) is 5.50. The molecule has 138 valence electrons. The fourth-order valence-corrected chi connectivity index (χ4v) is 4.22. The highest BCUT2D eigenvalue weighted by atomic mass is 16.5. The van der Waals surface area contributed by atoms with E-state index in [9.17, 15) is 10.2 Å². The summed E-state index contributed by atoms with van der Waals surface area (Å²) in [6, 6.07) is 5.69. The van der Waals surface area contributed by atoms with Gasteiger partial charge in [0, 0.05) is 24.7 Å². The molecule has 1 unspecified atom stereocenters. The summed E-state index contributed by atoms with van der Waals surface area (Å²) in [6.45, 7) is 1.65. The average molecular weight is 357 g/mol. The molecule has 0 radical (unpaired) electrons. The Kier molecular flexibility index (Phi) is 4.07. The summed E-state index contributed by atoms with van der Waals surface area (Å²) in [5, 5.41) is 21.0. The predicted molar refractivity (Wildman–Crippen MR) is 96.4 cm³/mol. The van der Waals surface area contributed by atoms with Crippen LogP contribution in [0.1, 0.15) is 28.3 Å². The highest BCUT2D eigenvalue weighted by molar-refractivity contribution is 5.61. The van der Waals surface area contributed by atoms with Crippen LogP contribution >= 0.6 is 0 Å². The van der Waals surface area contributed by atoms with Gasteiger partial charge in [0.15, 0.2) is 23.0 Å². The standard InChI is InChI=1S/C20H23NO5/c1-24-16-9-13-10-21-5-4-11-8-17(25-2)20(26-3)19(23)18(11)14(21)6-12(13)7-15(16)22/h7-9,14,22-23H,4-6,10H2,1-3H3. The largest absolute Gasteiger partial charge is 0.504 e. The lowest BCUT2D eigenvalue weighted by atomic mass is 9.83. The number of methoxy groups -OCH3 is 3. The van der Waals surface area contributed by atoms with Crippen LogP contribution in [-0.4, -0.2) is 43.0 Å². The second kappa shape index (κ2) is 6.29. The SMILES string of the molecule is COc1cc2c(cc1O)CC1c3c(cc(OC)c(OC)c3O)CCN1C2. The van der Waals surface area contributed by atoms with Crippen LogP contribution in [0.15, 0.2) is 18.2 Å². The van der Waals surface area contributed by atoms with E-state index in [-0.39, 0.29) is 17.5 Å². The Morgan fingerprint density at radius 3 is 2.35 bits per heavy atom. The van der Waals surface area contributed by atoms with Crippen molar-refractivity contribution in [1.82, 2.24) is 4.90 Å². The maximum atomic E-state index is 10.9. The molecule has 0 saturated heterocycles. The van der Waals surface area contributed by atoms with E-state index in [1.54, 1.807) is 20.3 Å². The third-order valence-electron chi connectivity index (χ3n) is 5.50. The van der Waals surface area contributed by atoms with Gasteiger partial charge in [-0.25, -0.2) is 0 Å². The first kappa shape index (κ1) is 16.8. The Labute approximate surface area is 152 Å². The van der Waals surface area contributed by atoms with E-state index in [0.29, 0.717) is 23.7 Å². The number of phenolic OH excluding ortho intramolecular Hbond substituents is 2. The molecule has 0 aliphatic carbocycles. The zero-order valence-electron chi connectivity index (χ0n) is 15.2. The minimum Gasteiger partial charge on any atom is -0.504 e. The van der Waals surface area contributed by atoms with Crippen molar-refractivity contribution in [3.8, 4) is 28.7 Å². The second-order valence-corrected chi connectivity index (χ2v) is 6.77. The van der Waals surface area contributed by atoms with Gasteiger partial charge in [0.2, 0.25) is 5.75 Å². The van der Waals surface area contributed by atoms with Gasteiger partial charge in [-0.15, -0.1) is 0 Å². The third kappa shape index (κ3) is 2.44. The van der Waals surface area contributed by atoms with Gasteiger partial charge in [-0.3, -0.25) is 4.90 Å². The molecule has 2 N–H and O–H groups in total. The lowest BCUT2D eigenvalue weighted by Crippen LogP contribution is -2.39. The van der Waals surface area contributed by atoms with Gasteiger partial charge < -0.3 is 24.4 Å². The van der Waals surface area contributed by atoms with Crippen LogP contribution in [-0.2, 0) is 19.4 Å². The number of hydrogen-bond donors (Lipinski definition) is 2. The number of rotatable bonds is 3. The number of ether oxygens (including phenoxy) is 3. The Morgan fingerprint density at radius 2 is 1.65 bits per heavy atom. The van der Waals surface area contributed by atoms with Crippen molar-refractivity contribution in [2.75, 3.05) is 27.9 Å². The van der Waals surface area contributed by atoms with Crippen LogP contribution < -0.4 is 14.2 Å². The lowest BCUT2D eigenvalue weighted by Gasteiger charge is -2.42. The summed E-state index contributed by atoms with van der Waals surface area (Å²) in [5.74, 6) is 1.71. The monoisotopic (exact) mass is 357 g/mol. The van der Waals surface area contributed by atoms with Crippen molar-refractivity contribution in [1.29, 1.82) is 0 Å². The molecule has 26 heavy (non-hydrogen) atoms. The number of hydrogen-bond acceptors (Lipinski definition) is 6. The molecule has 4 rings (SSSR count). The fraction of sp³-hybridized carbons (Fsp3) is 0.400. The van der Waals surface area contributed by atoms with Gasteiger partial charge in [0.05, 0.1) is 21.3 Å². The fourth-order valence-electron chi connectivity index (χ4n) is 4.22. The molecule has 0 bridgehead atoms. The molecule has 0 fully saturated rings. The molecule has 0 amide bonds. The number of benzene rings is 2. The number of fused-ring (bicyclic) bond motifs is 4. The minimum atomic E-state index is 0.0406. The summed E-state index contributed by atoms with van der Waals surface area (Å²) < 4.78 is 16.0. The van der Waals surface area contributed by atoms with E-state index in [1.165, 1.54) is 7.11 Å². The molecule has 2 aromatic carbocycles. The van der Waals surface area contributed by atoms with Crippen molar-refractivity contribution in [3.05, 3.63) is 40.5 Å². The minimum absolute atomic E-state index is 0.0406. The molecule has 6 nitrogen and oxygen atoms in total. The molecule has 1 atom stereocenters. The topological polar surface area (TPSA) is 71.4 Å². The van der Waals surface area contributed by atoms with E-state index in [0.717, 1.165) is 41.8 Å². The Balaban J connectivity index is 1.80.